The fourth-order valence-electron chi connectivity index (χ4n) is 3.85. The zero-order valence-electron chi connectivity index (χ0n) is 24.0. The lowest BCUT2D eigenvalue weighted by molar-refractivity contribution is -0.149. The zero-order valence-corrected chi connectivity index (χ0v) is 24.0. The Balaban J connectivity index is 3.68. The molecule has 0 aliphatic rings. The minimum Gasteiger partial charge on any atom is -0.444 e. The summed E-state index contributed by atoms with van der Waals surface area (Å²) in [5, 5.41) is 5.83. The van der Waals surface area contributed by atoms with Crippen LogP contribution >= 0.6 is 0 Å². The molecular formula is C28H47N3O4. The highest BCUT2D eigenvalue weighted by molar-refractivity contribution is 5.93. The van der Waals surface area contributed by atoms with Crippen LogP contribution in [-0.4, -0.2) is 45.5 Å². The van der Waals surface area contributed by atoms with Crippen molar-refractivity contribution in [2.75, 3.05) is 0 Å². The molecule has 0 heterocycles. The molecule has 0 bridgehead atoms. The normalized spacial score (nSPS) is 14.2. The number of carbonyl (C=O) groups is 3. The lowest BCUT2D eigenvalue weighted by Gasteiger charge is -2.44. The summed E-state index contributed by atoms with van der Waals surface area (Å²) in [6, 6.07) is 4.02. The fraction of sp³-hybridized carbons (Fsp3) is 0.679. The first-order valence-electron chi connectivity index (χ1n) is 12.4. The first-order valence-corrected chi connectivity index (χ1v) is 12.4. The molecule has 0 radical (unpaired) electrons. The van der Waals surface area contributed by atoms with Crippen LogP contribution in [0.3, 0.4) is 0 Å². The maximum absolute atomic E-state index is 14.2. The Kier molecular flexibility index (Phi) is 9.58. The summed E-state index contributed by atoms with van der Waals surface area (Å²) in [6.45, 7) is 24.4. The number of alkyl carbamates (subject to hydrolysis) is 1. The van der Waals surface area contributed by atoms with Crippen LogP contribution in [0.1, 0.15) is 98.9 Å². The van der Waals surface area contributed by atoms with E-state index >= 15 is 0 Å². The second-order valence-electron chi connectivity index (χ2n) is 12.7. The monoisotopic (exact) mass is 489 g/mol. The summed E-state index contributed by atoms with van der Waals surface area (Å²) in [6.07, 6.45) is -0.666. The van der Waals surface area contributed by atoms with Gasteiger partial charge in [0, 0.05) is 11.1 Å². The molecule has 198 valence electrons. The number of nitrogens with zero attached hydrogens (tertiary/aromatic N) is 1. The number of amides is 3. The van der Waals surface area contributed by atoms with Crippen molar-refractivity contribution < 1.29 is 19.1 Å². The van der Waals surface area contributed by atoms with Gasteiger partial charge in [0.25, 0.3) is 0 Å². The summed E-state index contributed by atoms with van der Waals surface area (Å²) in [5.41, 5.74) is 0.817. The maximum Gasteiger partial charge on any atom is 0.408 e. The molecule has 35 heavy (non-hydrogen) atoms. The summed E-state index contributed by atoms with van der Waals surface area (Å²) in [4.78, 5) is 42.2. The number of benzene rings is 1. The molecule has 0 saturated carbocycles. The number of aryl methyl sites for hydroxylation is 1. The Labute approximate surface area is 212 Å². The van der Waals surface area contributed by atoms with Gasteiger partial charge >= 0.3 is 6.09 Å². The second-order valence-corrected chi connectivity index (χ2v) is 12.7. The van der Waals surface area contributed by atoms with E-state index in [-0.39, 0.29) is 17.7 Å². The largest absolute Gasteiger partial charge is 0.444 e. The first kappa shape index (κ1) is 30.5. The van der Waals surface area contributed by atoms with Gasteiger partial charge in [-0.15, -0.1) is 0 Å². The lowest BCUT2D eigenvalue weighted by atomic mass is 9.89. The van der Waals surface area contributed by atoms with Crippen LogP contribution in [-0.2, 0) is 14.3 Å². The molecule has 2 unspecified atom stereocenters. The van der Waals surface area contributed by atoms with Gasteiger partial charge in [-0.1, -0.05) is 32.0 Å². The highest BCUT2D eigenvalue weighted by Gasteiger charge is 2.43. The molecule has 2 N–H and O–H groups in total. The van der Waals surface area contributed by atoms with Crippen LogP contribution < -0.4 is 10.6 Å². The van der Waals surface area contributed by atoms with E-state index in [0.29, 0.717) is 0 Å². The predicted octanol–water partition coefficient (Wildman–Crippen LogP) is 5.44. The number of hydrogen-bond donors (Lipinski definition) is 2. The van der Waals surface area contributed by atoms with Gasteiger partial charge in [-0.05, 0) is 98.8 Å². The summed E-state index contributed by atoms with van der Waals surface area (Å²) >= 11 is 0. The van der Waals surface area contributed by atoms with Gasteiger partial charge in [-0.25, -0.2) is 4.79 Å². The van der Waals surface area contributed by atoms with E-state index in [2.05, 4.69) is 10.6 Å². The predicted molar refractivity (Wildman–Crippen MR) is 141 cm³/mol. The lowest BCUT2D eigenvalue weighted by Crippen LogP contribution is -2.60. The van der Waals surface area contributed by atoms with E-state index in [4.69, 9.17) is 4.74 Å². The third-order valence-electron chi connectivity index (χ3n) is 5.51. The highest BCUT2D eigenvalue weighted by Crippen LogP contribution is 2.33. The molecule has 0 aromatic heterocycles. The van der Waals surface area contributed by atoms with Crippen molar-refractivity contribution in [1.82, 2.24) is 15.5 Å². The zero-order chi connectivity index (χ0) is 27.5. The molecule has 0 saturated heterocycles. The Hall–Kier alpha value is -2.57. The molecule has 0 fully saturated rings. The minimum atomic E-state index is -0.886. The van der Waals surface area contributed by atoms with E-state index in [1.807, 2.05) is 87.4 Å². The van der Waals surface area contributed by atoms with Crippen molar-refractivity contribution in [1.29, 1.82) is 0 Å². The molecule has 0 spiro atoms. The quantitative estimate of drug-likeness (QED) is 0.557. The first-order chi connectivity index (χ1) is 15.7. The van der Waals surface area contributed by atoms with Gasteiger partial charge in [0.1, 0.15) is 17.7 Å². The molecule has 0 aliphatic heterocycles. The minimum absolute atomic E-state index is 0.232. The van der Waals surface area contributed by atoms with Crippen molar-refractivity contribution >= 4 is 17.9 Å². The van der Waals surface area contributed by atoms with Gasteiger partial charge in [0.15, 0.2) is 0 Å². The van der Waals surface area contributed by atoms with Crippen LogP contribution in [0.25, 0.3) is 0 Å². The van der Waals surface area contributed by atoms with Crippen molar-refractivity contribution in [3.63, 3.8) is 0 Å². The molecule has 1 aromatic carbocycles. The third kappa shape index (κ3) is 8.86. The van der Waals surface area contributed by atoms with Crippen LogP contribution in [0.2, 0.25) is 0 Å². The molecule has 3 amide bonds. The summed E-state index contributed by atoms with van der Waals surface area (Å²) in [7, 11) is 0. The number of hydrogen-bond acceptors (Lipinski definition) is 4. The average molecular weight is 490 g/mol. The van der Waals surface area contributed by atoms with E-state index in [1.165, 1.54) is 0 Å². The molecular weight excluding hydrogens is 442 g/mol. The van der Waals surface area contributed by atoms with Gasteiger partial charge in [0.2, 0.25) is 11.8 Å². The SMILES string of the molecule is Cc1cccc(C(C(=O)NC(C)(C)C)N(C(=O)C(NC(=O)OC(C)(C)C)C(C)C)C(C)(C)C)c1C. The van der Waals surface area contributed by atoms with E-state index in [9.17, 15) is 14.4 Å². The maximum atomic E-state index is 14.2. The van der Waals surface area contributed by atoms with Crippen molar-refractivity contribution in [3.05, 3.63) is 34.9 Å². The Bertz CT molecular complexity index is 918. The van der Waals surface area contributed by atoms with Crippen molar-refractivity contribution in [3.8, 4) is 0 Å². The fourth-order valence-corrected chi connectivity index (χ4v) is 3.85. The molecule has 2 atom stereocenters. The van der Waals surface area contributed by atoms with Crippen LogP contribution in [0.15, 0.2) is 18.2 Å². The smallest absolute Gasteiger partial charge is 0.408 e. The van der Waals surface area contributed by atoms with Crippen LogP contribution in [0, 0.1) is 19.8 Å². The topological polar surface area (TPSA) is 87.7 Å². The molecule has 1 rings (SSSR count). The number of carbonyl (C=O) groups excluding carboxylic acids is 3. The van der Waals surface area contributed by atoms with E-state index in [0.717, 1.165) is 16.7 Å². The third-order valence-corrected chi connectivity index (χ3v) is 5.51. The van der Waals surface area contributed by atoms with E-state index < -0.39 is 34.9 Å². The number of nitrogens with one attached hydrogen (secondary N) is 2. The Morgan fingerprint density at radius 3 is 1.89 bits per heavy atom. The molecule has 1 aromatic rings. The van der Waals surface area contributed by atoms with Gasteiger partial charge in [0.05, 0.1) is 0 Å². The standard InChI is InChI=1S/C28H47N3O4/c1-17(2)21(29-25(34)35-28(11,12)13)24(33)31(27(8,9)10)22(23(32)30-26(5,6)7)20-16-14-15-18(3)19(20)4/h14-17,21-22H,1-13H3,(H,29,34)(H,30,32). The molecule has 0 aliphatic carbocycles. The van der Waals surface area contributed by atoms with Crippen molar-refractivity contribution in [2.24, 2.45) is 5.92 Å². The van der Waals surface area contributed by atoms with Gasteiger partial charge in [-0.3, -0.25) is 9.59 Å². The van der Waals surface area contributed by atoms with Gasteiger partial charge in [-0.2, -0.15) is 0 Å². The van der Waals surface area contributed by atoms with Gasteiger partial charge < -0.3 is 20.3 Å². The number of rotatable bonds is 6. The average Bonchev–Trinajstić information content (AvgIpc) is 2.62. The summed E-state index contributed by atoms with van der Waals surface area (Å²) in [5.74, 6) is -0.840. The summed E-state index contributed by atoms with van der Waals surface area (Å²) < 4.78 is 5.43. The Morgan fingerprint density at radius 2 is 1.46 bits per heavy atom. The van der Waals surface area contributed by atoms with Crippen LogP contribution in [0.4, 0.5) is 4.79 Å². The number of ether oxygens (including phenoxy) is 1. The van der Waals surface area contributed by atoms with Crippen LogP contribution in [0.5, 0.6) is 0 Å². The molecule has 7 heteroatoms. The van der Waals surface area contributed by atoms with E-state index in [1.54, 1.807) is 25.7 Å². The molecule has 7 nitrogen and oxygen atoms in total. The van der Waals surface area contributed by atoms with Crippen molar-refractivity contribution in [2.45, 2.75) is 119 Å². The second kappa shape index (κ2) is 11.0. The Morgan fingerprint density at radius 1 is 0.914 bits per heavy atom. The highest BCUT2D eigenvalue weighted by atomic mass is 16.6.